The Morgan fingerprint density at radius 2 is 1.90 bits per heavy atom. The Labute approximate surface area is 127 Å². The van der Waals surface area contributed by atoms with Gasteiger partial charge in [0.25, 0.3) is 0 Å². The second-order valence-corrected chi connectivity index (χ2v) is 6.35. The number of likely N-dealkylation sites (tertiary alicyclic amines) is 1. The minimum atomic E-state index is 0.236. The third-order valence-electron chi connectivity index (χ3n) is 4.60. The van der Waals surface area contributed by atoms with Crippen molar-refractivity contribution in [1.29, 1.82) is 0 Å². The minimum absolute atomic E-state index is 0.236. The number of nitrogens with zero attached hydrogens (tertiary/aromatic N) is 1. The van der Waals surface area contributed by atoms with E-state index in [2.05, 4.69) is 17.9 Å². The predicted octanol–water partition coefficient (Wildman–Crippen LogP) is 3.93. The summed E-state index contributed by atoms with van der Waals surface area (Å²) in [6.45, 7) is 5.95. The van der Waals surface area contributed by atoms with Crippen molar-refractivity contribution in [2.24, 2.45) is 5.92 Å². The van der Waals surface area contributed by atoms with Crippen LogP contribution in [0.2, 0.25) is 5.02 Å². The molecule has 2 atom stereocenters. The molecule has 1 heterocycles. The topological polar surface area (TPSA) is 23.5 Å². The summed E-state index contributed by atoms with van der Waals surface area (Å²) >= 11 is 6.28. The van der Waals surface area contributed by atoms with Crippen LogP contribution >= 0.6 is 11.6 Å². The average molecular weight is 296 g/mol. The van der Waals surface area contributed by atoms with E-state index in [4.69, 9.17) is 11.6 Å². The number of aliphatic hydroxyl groups is 1. The first-order valence-corrected chi connectivity index (χ1v) is 8.18. The molecule has 1 N–H and O–H groups in total. The van der Waals surface area contributed by atoms with Gasteiger partial charge < -0.3 is 10.0 Å². The van der Waals surface area contributed by atoms with Gasteiger partial charge in [-0.05, 0) is 62.4 Å². The van der Waals surface area contributed by atoms with Gasteiger partial charge in [0.15, 0.2) is 0 Å². The molecule has 1 aromatic carbocycles. The third kappa shape index (κ3) is 4.21. The van der Waals surface area contributed by atoms with E-state index in [1.807, 2.05) is 18.2 Å². The molecule has 0 spiro atoms. The molecule has 112 valence electrons. The summed E-state index contributed by atoms with van der Waals surface area (Å²) in [6.07, 6.45) is 5.06. The van der Waals surface area contributed by atoms with Gasteiger partial charge in [0.05, 0.1) is 0 Å². The van der Waals surface area contributed by atoms with Crippen LogP contribution in [0.1, 0.15) is 44.1 Å². The van der Waals surface area contributed by atoms with Crippen molar-refractivity contribution in [3.05, 3.63) is 34.9 Å². The van der Waals surface area contributed by atoms with E-state index in [0.717, 1.165) is 23.6 Å². The SMILES string of the molecule is CC(c1ccccc1Cl)C(CO)CCN1CCCCC1. The van der Waals surface area contributed by atoms with Crippen molar-refractivity contribution in [2.45, 2.75) is 38.5 Å². The van der Waals surface area contributed by atoms with Gasteiger partial charge >= 0.3 is 0 Å². The summed E-state index contributed by atoms with van der Waals surface area (Å²) in [5.41, 5.74) is 1.16. The van der Waals surface area contributed by atoms with Crippen molar-refractivity contribution >= 4 is 11.6 Å². The summed E-state index contributed by atoms with van der Waals surface area (Å²) in [5, 5.41) is 10.5. The van der Waals surface area contributed by atoms with Gasteiger partial charge in [0.2, 0.25) is 0 Å². The Morgan fingerprint density at radius 1 is 1.20 bits per heavy atom. The van der Waals surface area contributed by atoms with Gasteiger partial charge in [-0.1, -0.05) is 43.1 Å². The van der Waals surface area contributed by atoms with E-state index in [0.29, 0.717) is 5.92 Å². The first kappa shape index (κ1) is 15.8. The fraction of sp³-hybridized carbons (Fsp3) is 0.647. The molecular formula is C17H26ClNO. The zero-order valence-corrected chi connectivity index (χ0v) is 13.1. The van der Waals surface area contributed by atoms with Crippen molar-refractivity contribution in [3.8, 4) is 0 Å². The molecular weight excluding hydrogens is 270 g/mol. The van der Waals surface area contributed by atoms with E-state index >= 15 is 0 Å². The molecule has 1 saturated heterocycles. The van der Waals surface area contributed by atoms with Crippen molar-refractivity contribution in [2.75, 3.05) is 26.2 Å². The fourth-order valence-corrected chi connectivity index (χ4v) is 3.44. The molecule has 2 unspecified atom stereocenters. The summed E-state index contributed by atoms with van der Waals surface area (Å²) < 4.78 is 0. The van der Waals surface area contributed by atoms with Gasteiger partial charge in [-0.3, -0.25) is 0 Å². The molecule has 0 amide bonds. The maximum absolute atomic E-state index is 9.72. The molecule has 0 saturated carbocycles. The highest BCUT2D eigenvalue weighted by molar-refractivity contribution is 6.31. The average Bonchev–Trinajstić information content (AvgIpc) is 2.49. The Kier molecular flexibility index (Phi) is 6.34. The molecule has 0 aliphatic carbocycles. The summed E-state index contributed by atoms with van der Waals surface area (Å²) in [4.78, 5) is 2.53. The number of piperidine rings is 1. The third-order valence-corrected chi connectivity index (χ3v) is 4.95. The molecule has 0 bridgehead atoms. The van der Waals surface area contributed by atoms with Gasteiger partial charge in [-0.2, -0.15) is 0 Å². The quantitative estimate of drug-likeness (QED) is 0.859. The zero-order chi connectivity index (χ0) is 14.4. The van der Waals surface area contributed by atoms with E-state index in [1.54, 1.807) is 0 Å². The molecule has 1 aliphatic heterocycles. The van der Waals surface area contributed by atoms with E-state index in [1.165, 1.54) is 32.4 Å². The van der Waals surface area contributed by atoms with Crippen molar-refractivity contribution in [3.63, 3.8) is 0 Å². The zero-order valence-electron chi connectivity index (χ0n) is 12.4. The Balaban J connectivity index is 1.91. The standard InChI is InChI=1S/C17H26ClNO/c1-14(16-7-3-4-8-17(16)18)15(13-20)9-12-19-10-5-2-6-11-19/h3-4,7-8,14-15,20H,2,5-6,9-13H2,1H3. The van der Waals surface area contributed by atoms with Crippen molar-refractivity contribution in [1.82, 2.24) is 4.90 Å². The van der Waals surface area contributed by atoms with E-state index in [-0.39, 0.29) is 12.5 Å². The lowest BCUT2D eigenvalue weighted by Crippen LogP contribution is -2.32. The van der Waals surface area contributed by atoms with Crippen LogP contribution in [0.4, 0.5) is 0 Å². The van der Waals surface area contributed by atoms with Gasteiger partial charge in [0.1, 0.15) is 0 Å². The molecule has 20 heavy (non-hydrogen) atoms. The Morgan fingerprint density at radius 3 is 2.55 bits per heavy atom. The second kappa shape index (κ2) is 8.02. The number of hydrogen-bond acceptors (Lipinski definition) is 2. The molecule has 1 fully saturated rings. The smallest absolute Gasteiger partial charge is 0.0465 e. The van der Waals surface area contributed by atoms with Gasteiger partial charge in [0, 0.05) is 11.6 Å². The lowest BCUT2D eigenvalue weighted by atomic mass is 9.85. The van der Waals surface area contributed by atoms with Crippen LogP contribution in [-0.2, 0) is 0 Å². The number of hydrogen-bond donors (Lipinski definition) is 1. The number of benzene rings is 1. The van der Waals surface area contributed by atoms with Crippen LogP contribution < -0.4 is 0 Å². The lowest BCUT2D eigenvalue weighted by molar-refractivity contribution is 0.163. The fourth-order valence-electron chi connectivity index (χ4n) is 3.13. The van der Waals surface area contributed by atoms with Crippen LogP contribution in [0.15, 0.2) is 24.3 Å². The van der Waals surface area contributed by atoms with E-state index in [9.17, 15) is 5.11 Å². The number of halogens is 1. The maximum atomic E-state index is 9.72. The van der Waals surface area contributed by atoms with Crippen LogP contribution in [0.25, 0.3) is 0 Å². The first-order valence-electron chi connectivity index (χ1n) is 7.80. The molecule has 0 aromatic heterocycles. The predicted molar refractivity (Wildman–Crippen MR) is 85.4 cm³/mol. The largest absolute Gasteiger partial charge is 0.396 e. The summed E-state index contributed by atoms with van der Waals surface area (Å²) in [7, 11) is 0. The highest BCUT2D eigenvalue weighted by Gasteiger charge is 2.21. The normalized spacial score (nSPS) is 19.8. The first-order chi connectivity index (χ1) is 9.72. The van der Waals surface area contributed by atoms with Crippen LogP contribution in [0, 0.1) is 5.92 Å². The molecule has 2 nitrogen and oxygen atoms in total. The highest BCUT2D eigenvalue weighted by atomic mass is 35.5. The molecule has 1 aromatic rings. The molecule has 1 aliphatic rings. The van der Waals surface area contributed by atoms with Crippen LogP contribution in [0.5, 0.6) is 0 Å². The summed E-state index contributed by atoms with van der Waals surface area (Å²) in [5.74, 6) is 0.593. The van der Waals surface area contributed by atoms with Crippen LogP contribution in [0.3, 0.4) is 0 Å². The Hall–Kier alpha value is -0.570. The second-order valence-electron chi connectivity index (χ2n) is 5.94. The Bertz CT molecular complexity index is 404. The molecule has 2 rings (SSSR count). The lowest BCUT2D eigenvalue weighted by Gasteiger charge is -2.30. The van der Waals surface area contributed by atoms with Crippen LogP contribution in [-0.4, -0.2) is 36.2 Å². The van der Waals surface area contributed by atoms with Gasteiger partial charge in [-0.15, -0.1) is 0 Å². The maximum Gasteiger partial charge on any atom is 0.0465 e. The van der Waals surface area contributed by atoms with Gasteiger partial charge in [-0.25, -0.2) is 0 Å². The van der Waals surface area contributed by atoms with E-state index < -0.39 is 0 Å². The highest BCUT2D eigenvalue weighted by Crippen LogP contribution is 2.31. The summed E-state index contributed by atoms with van der Waals surface area (Å²) in [6, 6.07) is 8.00. The number of rotatable bonds is 6. The molecule has 3 heteroatoms. The van der Waals surface area contributed by atoms with Crippen molar-refractivity contribution < 1.29 is 5.11 Å². The molecule has 0 radical (unpaired) electrons. The number of aliphatic hydroxyl groups excluding tert-OH is 1. The minimum Gasteiger partial charge on any atom is -0.396 e. The monoisotopic (exact) mass is 295 g/mol.